The van der Waals surface area contributed by atoms with E-state index in [4.69, 9.17) is 0 Å². The molecule has 0 radical (unpaired) electrons. The fourth-order valence-corrected chi connectivity index (χ4v) is 2.87. The van der Waals surface area contributed by atoms with E-state index in [1.54, 1.807) is 0 Å². The Morgan fingerprint density at radius 2 is 2.14 bits per heavy atom. The molecule has 80 valence electrons. The van der Waals surface area contributed by atoms with Gasteiger partial charge in [-0.15, -0.1) is 0 Å². The van der Waals surface area contributed by atoms with Gasteiger partial charge in [-0.3, -0.25) is 4.79 Å². The van der Waals surface area contributed by atoms with Gasteiger partial charge in [-0.25, -0.2) is 0 Å². The minimum absolute atomic E-state index is 0.332. The molecule has 0 spiro atoms. The average Bonchev–Trinajstić information content (AvgIpc) is 2.23. The second kappa shape index (κ2) is 4.43. The first-order valence-corrected chi connectivity index (χ1v) is 6.03. The fraction of sp³-hybridized carbons (Fsp3) is 0.917. The highest BCUT2D eigenvalue weighted by atomic mass is 16.1. The van der Waals surface area contributed by atoms with Crippen LogP contribution in [0.4, 0.5) is 0 Å². The molecule has 2 heteroatoms. The maximum atomic E-state index is 11.8. The molecule has 3 unspecified atom stereocenters. The molecular weight excluding hydrogens is 174 g/mol. The third-order valence-corrected chi connectivity index (χ3v) is 3.79. The lowest BCUT2D eigenvalue weighted by Gasteiger charge is -2.34. The lowest BCUT2D eigenvalue weighted by molar-refractivity contribution is -0.126. The first-order valence-electron chi connectivity index (χ1n) is 6.03. The van der Waals surface area contributed by atoms with Crippen molar-refractivity contribution in [1.82, 2.24) is 5.32 Å². The topological polar surface area (TPSA) is 29.1 Å². The minimum atomic E-state index is 0.332. The van der Waals surface area contributed by atoms with Gasteiger partial charge in [0.05, 0.1) is 0 Å². The summed E-state index contributed by atoms with van der Waals surface area (Å²) < 4.78 is 0. The summed E-state index contributed by atoms with van der Waals surface area (Å²) >= 11 is 0. The Morgan fingerprint density at radius 3 is 2.86 bits per heavy atom. The van der Waals surface area contributed by atoms with Crippen molar-refractivity contribution >= 4 is 5.78 Å². The van der Waals surface area contributed by atoms with Crippen molar-refractivity contribution in [2.75, 3.05) is 6.54 Å². The Bertz CT molecular complexity index is 208. The number of carbonyl (C=O) groups excluding carboxylic acids is 1. The lowest BCUT2D eigenvalue weighted by Crippen LogP contribution is -2.45. The summed E-state index contributed by atoms with van der Waals surface area (Å²) in [5.74, 6) is 1.60. The number of ketones is 1. The minimum Gasteiger partial charge on any atom is -0.313 e. The maximum Gasteiger partial charge on any atom is 0.137 e. The van der Waals surface area contributed by atoms with Crippen LogP contribution in [-0.4, -0.2) is 18.4 Å². The number of rotatable bonds is 1. The van der Waals surface area contributed by atoms with Gasteiger partial charge in [0.15, 0.2) is 0 Å². The van der Waals surface area contributed by atoms with Gasteiger partial charge in [-0.2, -0.15) is 0 Å². The fourth-order valence-electron chi connectivity index (χ4n) is 2.87. The largest absolute Gasteiger partial charge is 0.313 e. The Labute approximate surface area is 86.5 Å². The number of hydrogen-bond donors (Lipinski definition) is 1. The van der Waals surface area contributed by atoms with Crippen molar-refractivity contribution in [2.24, 2.45) is 11.8 Å². The average molecular weight is 195 g/mol. The summed E-state index contributed by atoms with van der Waals surface area (Å²) in [6.45, 7) is 3.39. The van der Waals surface area contributed by atoms with Gasteiger partial charge in [0.25, 0.3) is 0 Å². The van der Waals surface area contributed by atoms with E-state index in [-0.39, 0.29) is 0 Å². The standard InChI is InChI=1S/C12H21NO/c1-9-5-6-12(14)10(8-9)11-4-2-3-7-13-11/h9-11,13H,2-8H2,1H3. The zero-order chi connectivity index (χ0) is 9.97. The van der Waals surface area contributed by atoms with Crippen molar-refractivity contribution in [1.29, 1.82) is 0 Å². The predicted molar refractivity (Wildman–Crippen MR) is 57.2 cm³/mol. The summed E-state index contributed by atoms with van der Waals surface area (Å²) in [6, 6.07) is 0.499. The van der Waals surface area contributed by atoms with Gasteiger partial charge >= 0.3 is 0 Å². The molecule has 3 atom stereocenters. The number of carbonyl (C=O) groups is 1. The van der Waals surface area contributed by atoms with Crippen LogP contribution in [0.2, 0.25) is 0 Å². The summed E-state index contributed by atoms with van der Waals surface area (Å²) in [4.78, 5) is 11.8. The second-order valence-electron chi connectivity index (χ2n) is 5.01. The van der Waals surface area contributed by atoms with Crippen molar-refractivity contribution in [3.05, 3.63) is 0 Å². The van der Waals surface area contributed by atoms with Crippen LogP contribution < -0.4 is 5.32 Å². The molecule has 0 aromatic rings. The molecule has 1 N–H and O–H groups in total. The van der Waals surface area contributed by atoms with Crippen molar-refractivity contribution in [3.63, 3.8) is 0 Å². The number of nitrogens with one attached hydrogen (secondary N) is 1. The monoisotopic (exact) mass is 195 g/mol. The van der Waals surface area contributed by atoms with Crippen molar-refractivity contribution < 1.29 is 4.79 Å². The van der Waals surface area contributed by atoms with E-state index in [0.717, 1.165) is 31.7 Å². The Morgan fingerprint density at radius 1 is 1.29 bits per heavy atom. The highest BCUT2D eigenvalue weighted by Gasteiger charge is 2.33. The third-order valence-electron chi connectivity index (χ3n) is 3.79. The summed E-state index contributed by atoms with van der Waals surface area (Å²) in [6.07, 6.45) is 6.86. The van der Waals surface area contributed by atoms with Crippen LogP contribution in [-0.2, 0) is 4.79 Å². The van der Waals surface area contributed by atoms with Gasteiger partial charge in [0, 0.05) is 18.4 Å². The maximum absolute atomic E-state index is 11.8. The first-order chi connectivity index (χ1) is 6.77. The van der Waals surface area contributed by atoms with Gasteiger partial charge < -0.3 is 5.32 Å². The molecule has 2 fully saturated rings. The Kier molecular flexibility index (Phi) is 3.22. The molecule has 2 nitrogen and oxygen atoms in total. The Hall–Kier alpha value is -0.370. The quantitative estimate of drug-likeness (QED) is 0.694. The highest BCUT2D eigenvalue weighted by molar-refractivity contribution is 5.82. The zero-order valence-corrected chi connectivity index (χ0v) is 9.09. The van der Waals surface area contributed by atoms with E-state index >= 15 is 0 Å². The third kappa shape index (κ3) is 2.17. The molecule has 0 aromatic carbocycles. The molecule has 1 aliphatic carbocycles. The van der Waals surface area contributed by atoms with E-state index in [1.165, 1.54) is 19.3 Å². The first kappa shape index (κ1) is 10.2. The van der Waals surface area contributed by atoms with E-state index in [0.29, 0.717) is 17.7 Å². The molecular formula is C12H21NO. The molecule has 0 aromatic heterocycles. The predicted octanol–water partition coefficient (Wildman–Crippen LogP) is 2.13. The summed E-state index contributed by atoms with van der Waals surface area (Å²) in [5.41, 5.74) is 0. The van der Waals surface area contributed by atoms with Crippen LogP contribution in [0.5, 0.6) is 0 Å². The number of piperidine rings is 1. The van der Waals surface area contributed by atoms with E-state index in [9.17, 15) is 4.79 Å². The highest BCUT2D eigenvalue weighted by Crippen LogP contribution is 2.30. The van der Waals surface area contributed by atoms with Crippen LogP contribution in [0.1, 0.15) is 45.4 Å². The number of hydrogen-bond acceptors (Lipinski definition) is 2. The van der Waals surface area contributed by atoms with E-state index in [1.807, 2.05) is 0 Å². The van der Waals surface area contributed by atoms with Crippen LogP contribution in [0.25, 0.3) is 0 Å². The summed E-state index contributed by atoms with van der Waals surface area (Å²) in [5, 5.41) is 3.52. The van der Waals surface area contributed by atoms with Gasteiger partial charge in [-0.05, 0) is 38.1 Å². The molecule has 1 saturated carbocycles. The normalized spacial score (nSPS) is 39.8. The summed E-state index contributed by atoms with van der Waals surface area (Å²) in [7, 11) is 0. The van der Waals surface area contributed by atoms with Crippen molar-refractivity contribution in [2.45, 2.75) is 51.5 Å². The Balaban J connectivity index is 1.96. The van der Waals surface area contributed by atoms with E-state index < -0.39 is 0 Å². The van der Waals surface area contributed by atoms with Gasteiger partial charge in [0.2, 0.25) is 0 Å². The van der Waals surface area contributed by atoms with Crippen LogP contribution in [0.3, 0.4) is 0 Å². The van der Waals surface area contributed by atoms with Gasteiger partial charge in [0.1, 0.15) is 5.78 Å². The number of Topliss-reactive ketones (excluding diaryl/α,β-unsaturated/α-hetero) is 1. The van der Waals surface area contributed by atoms with Crippen LogP contribution in [0, 0.1) is 11.8 Å². The SMILES string of the molecule is CC1CCC(=O)C(C2CCCCN2)C1. The molecule has 1 aliphatic heterocycles. The molecule has 0 amide bonds. The van der Waals surface area contributed by atoms with Crippen LogP contribution in [0.15, 0.2) is 0 Å². The molecule has 1 heterocycles. The lowest BCUT2D eigenvalue weighted by atomic mass is 9.76. The molecule has 2 rings (SSSR count). The molecule has 0 bridgehead atoms. The molecule has 2 aliphatic rings. The van der Waals surface area contributed by atoms with E-state index in [2.05, 4.69) is 12.2 Å². The zero-order valence-electron chi connectivity index (χ0n) is 9.09. The smallest absolute Gasteiger partial charge is 0.137 e. The van der Waals surface area contributed by atoms with Crippen LogP contribution >= 0.6 is 0 Å². The molecule has 14 heavy (non-hydrogen) atoms. The van der Waals surface area contributed by atoms with Gasteiger partial charge in [-0.1, -0.05) is 13.3 Å². The molecule has 1 saturated heterocycles. The second-order valence-corrected chi connectivity index (χ2v) is 5.01. The van der Waals surface area contributed by atoms with Crippen molar-refractivity contribution in [3.8, 4) is 0 Å².